The van der Waals surface area contributed by atoms with Crippen molar-refractivity contribution < 1.29 is 18.1 Å². The van der Waals surface area contributed by atoms with Crippen LogP contribution in [0.25, 0.3) is 0 Å². The molecule has 0 atom stereocenters. The smallest absolute Gasteiger partial charge is 0.258 e. The molecule has 0 bridgehead atoms. The molecule has 9 heteroatoms. The van der Waals surface area contributed by atoms with Gasteiger partial charge in [-0.05, 0) is 15.9 Å². The van der Waals surface area contributed by atoms with E-state index in [2.05, 4.69) is 20.9 Å². The minimum Gasteiger partial charge on any atom is -0.258 e. The molecule has 0 spiro atoms. The van der Waals surface area contributed by atoms with Crippen LogP contribution in [0, 0.1) is 10.1 Å². The minimum atomic E-state index is -4.47. The van der Waals surface area contributed by atoms with E-state index in [9.17, 15) is 23.3 Å². The standard InChI is InChI=1S/C6H2BrF3N2O2S/c7-4-1-3(12(13)14)2-11-5(4)15-6(8,9)10/h1-2H. The van der Waals surface area contributed by atoms with Crippen LogP contribution in [0.1, 0.15) is 0 Å². The Labute approximate surface area is 94.2 Å². The molecule has 0 fully saturated rings. The van der Waals surface area contributed by atoms with E-state index in [1.165, 1.54) is 0 Å². The zero-order chi connectivity index (χ0) is 11.6. The fourth-order valence-electron chi connectivity index (χ4n) is 0.700. The highest BCUT2D eigenvalue weighted by atomic mass is 79.9. The van der Waals surface area contributed by atoms with Gasteiger partial charge in [-0.3, -0.25) is 10.1 Å². The summed E-state index contributed by atoms with van der Waals surface area (Å²) in [6.07, 6.45) is 0.777. The van der Waals surface area contributed by atoms with E-state index in [1.54, 1.807) is 0 Å². The van der Waals surface area contributed by atoms with Crippen molar-refractivity contribution in [3.05, 3.63) is 26.9 Å². The Balaban J connectivity index is 2.99. The number of pyridine rings is 1. The maximum Gasteiger partial charge on any atom is 0.447 e. The first-order valence-corrected chi connectivity index (χ1v) is 4.96. The summed E-state index contributed by atoms with van der Waals surface area (Å²) in [5.41, 5.74) is -4.83. The Morgan fingerprint density at radius 3 is 2.53 bits per heavy atom. The van der Waals surface area contributed by atoms with Crippen LogP contribution in [0.15, 0.2) is 21.8 Å². The Morgan fingerprint density at radius 2 is 2.13 bits per heavy atom. The molecule has 1 aromatic rings. The largest absolute Gasteiger partial charge is 0.447 e. The van der Waals surface area contributed by atoms with Gasteiger partial charge in [-0.1, -0.05) is 0 Å². The second-order valence-electron chi connectivity index (χ2n) is 2.29. The van der Waals surface area contributed by atoms with Gasteiger partial charge in [0, 0.05) is 17.8 Å². The molecule has 1 rings (SSSR count). The third-order valence-electron chi connectivity index (χ3n) is 1.22. The quantitative estimate of drug-likeness (QED) is 0.477. The number of nitro groups is 1. The van der Waals surface area contributed by atoms with Crippen LogP contribution in [0.4, 0.5) is 18.9 Å². The van der Waals surface area contributed by atoms with Crippen LogP contribution in [0.3, 0.4) is 0 Å². The topological polar surface area (TPSA) is 56.0 Å². The van der Waals surface area contributed by atoms with Gasteiger partial charge >= 0.3 is 5.51 Å². The molecule has 0 N–H and O–H groups in total. The molecule has 1 aromatic heterocycles. The summed E-state index contributed by atoms with van der Waals surface area (Å²) in [5.74, 6) is 0. The molecule has 1 heterocycles. The fraction of sp³-hybridized carbons (Fsp3) is 0.167. The Morgan fingerprint density at radius 1 is 1.53 bits per heavy atom. The number of rotatable bonds is 2. The lowest BCUT2D eigenvalue weighted by atomic mass is 10.4. The minimum absolute atomic E-state index is 0.0565. The predicted molar refractivity (Wildman–Crippen MR) is 50.5 cm³/mol. The Bertz CT molecular complexity index is 398. The summed E-state index contributed by atoms with van der Waals surface area (Å²) in [6, 6.07) is 0.973. The van der Waals surface area contributed by atoms with Crippen molar-refractivity contribution in [3.8, 4) is 0 Å². The molecule has 0 aliphatic carbocycles. The van der Waals surface area contributed by atoms with Crippen molar-refractivity contribution in [2.75, 3.05) is 0 Å². The monoisotopic (exact) mass is 302 g/mol. The maximum absolute atomic E-state index is 11.9. The second kappa shape index (κ2) is 4.35. The van der Waals surface area contributed by atoms with Gasteiger partial charge < -0.3 is 0 Å². The first kappa shape index (κ1) is 12.2. The van der Waals surface area contributed by atoms with E-state index in [0.717, 1.165) is 12.3 Å². The Kier molecular flexibility index (Phi) is 3.55. The summed E-state index contributed by atoms with van der Waals surface area (Å²) in [5, 5.41) is 9.91. The molecule has 0 aliphatic rings. The average molecular weight is 303 g/mol. The first-order valence-electron chi connectivity index (χ1n) is 3.35. The predicted octanol–water partition coefficient (Wildman–Crippen LogP) is 3.36. The summed E-state index contributed by atoms with van der Waals surface area (Å²) in [4.78, 5) is 12.9. The summed E-state index contributed by atoms with van der Waals surface area (Å²) >= 11 is 2.35. The molecule has 0 saturated carbocycles. The molecule has 82 valence electrons. The third kappa shape index (κ3) is 3.67. The van der Waals surface area contributed by atoms with Gasteiger partial charge in [0.2, 0.25) is 0 Å². The molecule has 0 radical (unpaired) electrons. The number of nitrogens with zero attached hydrogens (tertiary/aromatic N) is 2. The fourth-order valence-corrected chi connectivity index (χ4v) is 1.76. The van der Waals surface area contributed by atoms with E-state index in [4.69, 9.17) is 0 Å². The third-order valence-corrected chi connectivity index (χ3v) is 2.83. The van der Waals surface area contributed by atoms with Crippen LogP contribution in [-0.4, -0.2) is 15.4 Å². The zero-order valence-corrected chi connectivity index (χ0v) is 9.19. The number of hydrogen-bond donors (Lipinski definition) is 0. The van der Waals surface area contributed by atoms with Gasteiger partial charge in [0.05, 0.1) is 9.40 Å². The lowest BCUT2D eigenvalue weighted by Gasteiger charge is -2.05. The highest BCUT2D eigenvalue weighted by Crippen LogP contribution is 2.39. The van der Waals surface area contributed by atoms with Crippen molar-refractivity contribution in [3.63, 3.8) is 0 Å². The van der Waals surface area contributed by atoms with Crippen molar-refractivity contribution in [1.82, 2.24) is 4.98 Å². The van der Waals surface area contributed by atoms with Crippen molar-refractivity contribution >= 4 is 33.4 Å². The molecule has 0 aromatic carbocycles. The molecular formula is C6H2BrF3N2O2S. The van der Waals surface area contributed by atoms with Gasteiger partial charge in [0.15, 0.2) is 0 Å². The molecule has 0 saturated heterocycles. The maximum atomic E-state index is 11.9. The average Bonchev–Trinajstić information content (AvgIpc) is 2.05. The van der Waals surface area contributed by atoms with Crippen LogP contribution < -0.4 is 0 Å². The summed E-state index contributed by atoms with van der Waals surface area (Å²) in [6.45, 7) is 0. The summed E-state index contributed by atoms with van der Waals surface area (Å²) < 4.78 is 35.8. The van der Waals surface area contributed by atoms with E-state index in [0.29, 0.717) is 0 Å². The summed E-state index contributed by atoms with van der Waals surface area (Å²) in [7, 11) is 0. The van der Waals surface area contributed by atoms with Gasteiger partial charge in [-0.25, -0.2) is 4.98 Å². The SMILES string of the molecule is O=[N+]([O-])c1cnc(SC(F)(F)F)c(Br)c1. The number of thioether (sulfide) groups is 1. The van der Waals surface area contributed by atoms with Crippen molar-refractivity contribution in [2.24, 2.45) is 0 Å². The number of hydrogen-bond acceptors (Lipinski definition) is 4. The van der Waals surface area contributed by atoms with E-state index in [-0.39, 0.29) is 15.2 Å². The van der Waals surface area contributed by atoms with Crippen LogP contribution in [-0.2, 0) is 0 Å². The first-order chi connectivity index (χ1) is 6.79. The lowest BCUT2D eigenvalue weighted by molar-refractivity contribution is -0.385. The van der Waals surface area contributed by atoms with Gasteiger partial charge in [-0.2, -0.15) is 13.2 Å². The molecule has 0 unspecified atom stereocenters. The van der Waals surface area contributed by atoms with Crippen LogP contribution >= 0.6 is 27.7 Å². The van der Waals surface area contributed by atoms with E-state index < -0.39 is 22.2 Å². The zero-order valence-electron chi connectivity index (χ0n) is 6.79. The van der Waals surface area contributed by atoms with Gasteiger partial charge in [-0.15, -0.1) is 0 Å². The molecule has 0 amide bonds. The van der Waals surface area contributed by atoms with Gasteiger partial charge in [0.25, 0.3) is 5.69 Å². The number of halogens is 4. The second-order valence-corrected chi connectivity index (χ2v) is 4.19. The highest BCUT2D eigenvalue weighted by Gasteiger charge is 2.31. The number of aromatic nitrogens is 1. The van der Waals surface area contributed by atoms with E-state index >= 15 is 0 Å². The van der Waals surface area contributed by atoms with Crippen LogP contribution in [0.2, 0.25) is 0 Å². The number of alkyl halides is 3. The molecule has 0 aliphatic heterocycles. The highest BCUT2D eigenvalue weighted by molar-refractivity contribution is 9.10. The van der Waals surface area contributed by atoms with Crippen molar-refractivity contribution in [2.45, 2.75) is 10.5 Å². The van der Waals surface area contributed by atoms with Crippen molar-refractivity contribution in [1.29, 1.82) is 0 Å². The lowest BCUT2D eigenvalue weighted by Crippen LogP contribution is -2.01. The van der Waals surface area contributed by atoms with Gasteiger partial charge in [0.1, 0.15) is 11.2 Å². The van der Waals surface area contributed by atoms with Crippen LogP contribution in [0.5, 0.6) is 0 Å². The molecule has 4 nitrogen and oxygen atoms in total. The molecular weight excluding hydrogens is 301 g/mol. The normalized spacial score (nSPS) is 11.5. The van der Waals surface area contributed by atoms with E-state index in [1.807, 2.05) is 0 Å². The Hall–Kier alpha value is -0.830. The molecule has 15 heavy (non-hydrogen) atoms.